The number of carbonyl (C=O) groups is 1. The maximum absolute atomic E-state index is 12.6. The van der Waals surface area contributed by atoms with Crippen molar-refractivity contribution in [1.29, 1.82) is 0 Å². The smallest absolute Gasteiger partial charge is 0.338 e. The van der Waals surface area contributed by atoms with Crippen molar-refractivity contribution in [1.82, 2.24) is 4.31 Å². The van der Waals surface area contributed by atoms with Crippen LogP contribution in [0.15, 0.2) is 47.4 Å². The molecule has 1 heterocycles. The number of hydrogen-bond donors (Lipinski definition) is 0. The minimum atomic E-state index is -3.52. The van der Waals surface area contributed by atoms with E-state index in [2.05, 4.69) is 0 Å². The molecular formula is C19H19Cl2NO4S. The Kier molecular flexibility index (Phi) is 6.42. The highest BCUT2D eigenvalue weighted by Gasteiger charge is 2.26. The summed E-state index contributed by atoms with van der Waals surface area (Å²) in [5.41, 5.74) is 0.913. The van der Waals surface area contributed by atoms with Crippen molar-refractivity contribution < 1.29 is 17.9 Å². The summed E-state index contributed by atoms with van der Waals surface area (Å²) in [5.74, 6) is -0.553. The number of hydrogen-bond acceptors (Lipinski definition) is 4. The van der Waals surface area contributed by atoms with Gasteiger partial charge in [0.05, 0.1) is 10.5 Å². The predicted octanol–water partition coefficient (Wildman–Crippen LogP) is 4.53. The van der Waals surface area contributed by atoms with Crippen LogP contribution in [-0.4, -0.2) is 31.8 Å². The molecule has 1 saturated heterocycles. The Morgan fingerprint density at radius 3 is 2.30 bits per heavy atom. The Morgan fingerprint density at radius 1 is 1.00 bits per heavy atom. The quantitative estimate of drug-likeness (QED) is 0.657. The topological polar surface area (TPSA) is 63.7 Å². The van der Waals surface area contributed by atoms with E-state index in [1.165, 1.54) is 28.6 Å². The van der Waals surface area contributed by atoms with Crippen LogP contribution in [0, 0.1) is 0 Å². The molecule has 1 fully saturated rings. The average Bonchev–Trinajstić information content (AvgIpc) is 2.68. The van der Waals surface area contributed by atoms with E-state index >= 15 is 0 Å². The van der Waals surface area contributed by atoms with Crippen LogP contribution in [0.1, 0.15) is 35.2 Å². The van der Waals surface area contributed by atoms with Gasteiger partial charge in [-0.3, -0.25) is 0 Å². The predicted molar refractivity (Wildman–Crippen MR) is 105 cm³/mol. The highest BCUT2D eigenvalue weighted by Crippen LogP contribution is 2.23. The fraction of sp³-hybridized carbons (Fsp3) is 0.316. The summed E-state index contributed by atoms with van der Waals surface area (Å²) in [7, 11) is -3.52. The first-order valence-electron chi connectivity index (χ1n) is 8.59. The minimum absolute atomic E-state index is 0.00264. The van der Waals surface area contributed by atoms with Gasteiger partial charge in [-0.05, 0) is 49.2 Å². The van der Waals surface area contributed by atoms with Gasteiger partial charge in [0.2, 0.25) is 10.0 Å². The van der Waals surface area contributed by atoms with Crippen molar-refractivity contribution >= 4 is 39.2 Å². The lowest BCUT2D eigenvalue weighted by atomic mass is 10.2. The number of benzene rings is 2. The largest absolute Gasteiger partial charge is 0.457 e. The second-order valence-corrected chi connectivity index (χ2v) is 9.08. The van der Waals surface area contributed by atoms with Crippen LogP contribution in [0.4, 0.5) is 0 Å². The molecule has 0 N–H and O–H groups in total. The Bertz CT molecular complexity index is 923. The molecular weight excluding hydrogens is 409 g/mol. The summed E-state index contributed by atoms with van der Waals surface area (Å²) in [4.78, 5) is 12.4. The molecule has 2 aromatic carbocycles. The molecule has 2 aromatic rings. The van der Waals surface area contributed by atoms with E-state index in [-0.39, 0.29) is 17.1 Å². The van der Waals surface area contributed by atoms with E-state index in [9.17, 15) is 13.2 Å². The molecule has 0 saturated carbocycles. The van der Waals surface area contributed by atoms with Crippen LogP contribution in [0.25, 0.3) is 0 Å². The van der Waals surface area contributed by atoms with Crippen LogP contribution in [0.3, 0.4) is 0 Å². The number of esters is 1. The molecule has 0 radical (unpaired) electrons. The highest BCUT2D eigenvalue weighted by atomic mass is 35.5. The molecule has 1 aliphatic rings. The van der Waals surface area contributed by atoms with Gasteiger partial charge < -0.3 is 4.74 Å². The third-order valence-corrected chi connectivity index (χ3v) is 6.92. The number of ether oxygens (including phenoxy) is 1. The Morgan fingerprint density at radius 2 is 1.67 bits per heavy atom. The highest BCUT2D eigenvalue weighted by molar-refractivity contribution is 7.89. The van der Waals surface area contributed by atoms with Crippen LogP contribution in [0.2, 0.25) is 10.0 Å². The summed E-state index contributed by atoms with van der Waals surface area (Å²) < 4.78 is 32.0. The standard InChI is InChI=1S/C19H19Cl2NO4S/c20-16-7-4-15(18(21)12-16)13-26-19(23)14-5-8-17(9-6-14)27(24,25)22-10-2-1-3-11-22/h4-9,12H,1-3,10-11,13H2. The van der Waals surface area contributed by atoms with Gasteiger partial charge in [-0.2, -0.15) is 4.31 Å². The summed E-state index contributed by atoms with van der Waals surface area (Å²) in [6.07, 6.45) is 2.79. The van der Waals surface area contributed by atoms with E-state index in [0.717, 1.165) is 19.3 Å². The SMILES string of the molecule is O=C(OCc1ccc(Cl)cc1Cl)c1ccc(S(=O)(=O)N2CCCCC2)cc1. The summed E-state index contributed by atoms with van der Waals surface area (Å²) in [5, 5.41) is 0.916. The van der Waals surface area contributed by atoms with Gasteiger partial charge in [-0.25, -0.2) is 13.2 Å². The molecule has 0 amide bonds. The van der Waals surface area contributed by atoms with E-state index in [1.54, 1.807) is 18.2 Å². The van der Waals surface area contributed by atoms with Crippen molar-refractivity contribution in [2.24, 2.45) is 0 Å². The van der Waals surface area contributed by atoms with Gasteiger partial charge in [0.25, 0.3) is 0 Å². The molecule has 0 aliphatic carbocycles. The van der Waals surface area contributed by atoms with Gasteiger partial charge in [0.15, 0.2) is 0 Å². The van der Waals surface area contributed by atoms with Crippen molar-refractivity contribution in [2.75, 3.05) is 13.1 Å². The fourth-order valence-electron chi connectivity index (χ4n) is 2.88. The van der Waals surface area contributed by atoms with Crippen molar-refractivity contribution in [3.8, 4) is 0 Å². The monoisotopic (exact) mass is 427 g/mol. The number of rotatable bonds is 5. The lowest BCUT2D eigenvalue weighted by Crippen LogP contribution is -2.35. The number of piperidine rings is 1. The molecule has 1 aliphatic heterocycles. The van der Waals surface area contributed by atoms with Gasteiger partial charge in [-0.1, -0.05) is 35.7 Å². The first kappa shape index (κ1) is 20.1. The lowest BCUT2D eigenvalue weighted by Gasteiger charge is -2.25. The zero-order valence-electron chi connectivity index (χ0n) is 14.5. The molecule has 0 spiro atoms. The second-order valence-electron chi connectivity index (χ2n) is 6.30. The number of carbonyl (C=O) groups excluding carboxylic acids is 1. The fourth-order valence-corrected chi connectivity index (χ4v) is 4.86. The van der Waals surface area contributed by atoms with Gasteiger partial charge in [-0.15, -0.1) is 0 Å². The maximum Gasteiger partial charge on any atom is 0.338 e. The molecule has 27 heavy (non-hydrogen) atoms. The second kappa shape index (κ2) is 8.61. The third kappa shape index (κ3) is 4.82. The van der Waals surface area contributed by atoms with Crippen LogP contribution >= 0.6 is 23.2 Å². The zero-order valence-corrected chi connectivity index (χ0v) is 16.9. The van der Waals surface area contributed by atoms with Gasteiger partial charge in [0, 0.05) is 28.7 Å². The molecule has 0 unspecified atom stereocenters. The van der Waals surface area contributed by atoms with Crippen LogP contribution < -0.4 is 0 Å². The molecule has 144 valence electrons. The van der Waals surface area contributed by atoms with Crippen molar-refractivity contribution in [3.63, 3.8) is 0 Å². The van der Waals surface area contributed by atoms with Crippen LogP contribution in [-0.2, 0) is 21.4 Å². The number of halogens is 2. The Hall–Kier alpha value is -1.60. The lowest BCUT2D eigenvalue weighted by molar-refractivity contribution is 0.0472. The van der Waals surface area contributed by atoms with Gasteiger partial charge >= 0.3 is 5.97 Å². The van der Waals surface area contributed by atoms with E-state index in [0.29, 0.717) is 28.7 Å². The maximum atomic E-state index is 12.6. The molecule has 8 heteroatoms. The molecule has 5 nitrogen and oxygen atoms in total. The van der Waals surface area contributed by atoms with Gasteiger partial charge in [0.1, 0.15) is 6.61 Å². The van der Waals surface area contributed by atoms with E-state index in [4.69, 9.17) is 27.9 Å². The zero-order chi connectivity index (χ0) is 19.4. The summed E-state index contributed by atoms with van der Waals surface area (Å²) in [6, 6.07) is 10.7. The molecule has 0 atom stereocenters. The van der Waals surface area contributed by atoms with Crippen molar-refractivity contribution in [3.05, 3.63) is 63.6 Å². The average molecular weight is 428 g/mol. The number of sulfonamides is 1. The van der Waals surface area contributed by atoms with E-state index in [1.807, 2.05) is 0 Å². The third-order valence-electron chi connectivity index (χ3n) is 4.42. The van der Waals surface area contributed by atoms with Crippen molar-refractivity contribution in [2.45, 2.75) is 30.8 Å². The number of nitrogens with zero attached hydrogens (tertiary/aromatic N) is 1. The molecule has 0 aromatic heterocycles. The normalized spacial score (nSPS) is 15.5. The Labute approximate surface area is 168 Å². The molecule has 3 rings (SSSR count). The van der Waals surface area contributed by atoms with E-state index < -0.39 is 16.0 Å². The summed E-state index contributed by atoms with van der Waals surface area (Å²) >= 11 is 11.9. The molecule has 0 bridgehead atoms. The van der Waals surface area contributed by atoms with Crippen LogP contribution in [0.5, 0.6) is 0 Å². The summed E-state index contributed by atoms with van der Waals surface area (Å²) in [6.45, 7) is 1.07. The first-order chi connectivity index (χ1) is 12.9. The minimum Gasteiger partial charge on any atom is -0.457 e. The first-order valence-corrected chi connectivity index (χ1v) is 10.8. The Balaban J connectivity index is 1.66.